The molecule has 4 aromatic heterocycles. The van der Waals surface area contributed by atoms with Gasteiger partial charge in [-0.3, -0.25) is 0 Å². The van der Waals surface area contributed by atoms with Crippen LogP contribution >= 0.6 is 0 Å². The van der Waals surface area contributed by atoms with Crippen molar-refractivity contribution in [3.8, 4) is 62.4 Å². The maximum atomic E-state index is 4.99. The van der Waals surface area contributed by atoms with Crippen molar-refractivity contribution in [3.63, 3.8) is 0 Å². The minimum Gasteiger partial charge on any atom is -0.309 e. The van der Waals surface area contributed by atoms with E-state index in [2.05, 4.69) is 196 Å². The van der Waals surface area contributed by atoms with E-state index in [1.807, 2.05) is 60.7 Å². The largest absolute Gasteiger partial charge is 0.309 e. The fraction of sp³-hybridized carbons (Fsp3) is 0. The third-order valence-corrected chi connectivity index (χ3v) is 13.7. The first-order chi connectivity index (χ1) is 34.2. The fourth-order valence-corrected chi connectivity index (χ4v) is 10.5. The van der Waals surface area contributed by atoms with Gasteiger partial charge in [0.2, 0.25) is 0 Å². The predicted molar refractivity (Wildman–Crippen MR) is 285 cm³/mol. The van der Waals surface area contributed by atoms with E-state index in [-0.39, 0.29) is 0 Å². The van der Waals surface area contributed by atoms with E-state index >= 15 is 0 Å². The molecular weight excluding hydrogens is 841 g/mol. The van der Waals surface area contributed by atoms with E-state index < -0.39 is 0 Å². The molecule has 6 nitrogen and oxygen atoms in total. The molecule has 0 aliphatic heterocycles. The van der Waals surface area contributed by atoms with Crippen molar-refractivity contribution in [3.05, 3.63) is 243 Å². The summed E-state index contributed by atoms with van der Waals surface area (Å²) in [7, 11) is 0. The summed E-state index contributed by atoms with van der Waals surface area (Å²) in [6.45, 7) is 0. The van der Waals surface area contributed by atoms with Crippen LogP contribution in [0.4, 0.5) is 0 Å². The summed E-state index contributed by atoms with van der Waals surface area (Å²) >= 11 is 0. The number of fused-ring (bicyclic) bond motifs is 9. The minimum atomic E-state index is 0.632. The Labute approximate surface area is 397 Å². The fourth-order valence-electron chi connectivity index (χ4n) is 10.5. The SMILES string of the molecule is c1ccc(-c2nc(-c3ccccc3)nc(-c3ccc(-n4c5ccccc5c5cc(-c6ccc7c(c6)c6cc(-n8c9ccccc9c9ccccc98)ccc6n7-c6ccccc6)ccc54)cc3)n2)cc1. The minimum absolute atomic E-state index is 0.632. The van der Waals surface area contributed by atoms with Gasteiger partial charge >= 0.3 is 0 Å². The number of rotatable bonds is 7. The van der Waals surface area contributed by atoms with Gasteiger partial charge in [-0.25, -0.2) is 15.0 Å². The van der Waals surface area contributed by atoms with Crippen LogP contribution in [0.25, 0.3) is 128 Å². The van der Waals surface area contributed by atoms with E-state index in [0.717, 1.165) is 44.8 Å². The molecular formula is C63H40N6. The van der Waals surface area contributed by atoms with Gasteiger partial charge in [0, 0.05) is 66.1 Å². The molecule has 0 N–H and O–H groups in total. The van der Waals surface area contributed by atoms with Gasteiger partial charge in [-0.15, -0.1) is 0 Å². The molecule has 0 aliphatic carbocycles. The lowest BCUT2D eigenvalue weighted by Crippen LogP contribution is -2.00. The van der Waals surface area contributed by atoms with Crippen molar-refractivity contribution in [2.75, 3.05) is 0 Å². The summed E-state index contributed by atoms with van der Waals surface area (Å²) in [5.74, 6) is 1.92. The average Bonchev–Trinajstić information content (AvgIpc) is 4.06. The molecule has 0 unspecified atom stereocenters. The van der Waals surface area contributed by atoms with Crippen LogP contribution < -0.4 is 0 Å². The van der Waals surface area contributed by atoms with Crippen LogP contribution in [0.1, 0.15) is 0 Å². The van der Waals surface area contributed by atoms with Gasteiger partial charge in [-0.2, -0.15) is 0 Å². The van der Waals surface area contributed by atoms with Gasteiger partial charge in [-0.1, -0.05) is 146 Å². The summed E-state index contributed by atoms with van der Waals surface area (Å²) < 4.78 is 7.17. The number of para-hydroxylation sites is 4. The second kappa shape index (κ2) is 15.6. The maximum Gasteiger partial charge on any atom is 0.164 e. The van der Waals surface area contributed by atoms with Crippen LogP contribution in [-0.4, -0.2) is 28.7 Å². The van der Waals surface area contributed by atoms with Gasteiger partial charge in [0.1, 0.15) is 0 Å². The second-order valence-corrected chi connectivity index (χ2v) is 17.6. The summed E-state index contributed by atoms with van der Waals surface area (Å²) in [6.07, 6.45) is 0. The molecule has 6 heteroatoms. The smallest absolute Gasteiger partial charge is 0.164 e. The lowest BCUT2D eigenvalue weighted by Gasteiger charge is -2.11. The normalized spacial score (nSPS) is 11.8. The quantitative estimate of drug-likeness (QED) is 0.160. The zero-order valence-electron chi connectivity index (χ0n) is 37.3. The molecule has 0 saturated carbocycles. The highest BCUT2D eigenvalue weighted by molar-refractivity contribution is 6.14. The average molecular weight is 881 g/mol. The van der Waals surface area contributed by atoms with Gasteiger partial charge in [0.25, 0.3) is 0 Å². The Kier molecular flexibility index (Phi) is 8.79. The number of nitrogens with zero attached hydrogens (tertiary/aromatic N) is 6. The monoisotopic (exact) mass is 880 g/mol. The molecule has 0 atom stereocenters. The molecule has 14 rings (SSSR count). The highest BCUT2D eigenvalue weighted by Gasteiger charge is 2.19. The lowest BCUT2D eigenvalue weighted by atomic mass is 10.0. The Bertz CT molecular complexity index is 4170. The molecule has 0 saturated heterocycles. The van der Waals surface area contributed by atoms with E-state index in [4.69, 9.17) is 15.0 Å². The van der Waals surface area contributed by atoms with E-state index in [1.165, 1.54) is 65.5 Å². The van der Waals surface area contributed by atoms with Gasteiger partial charge in [0.15, 0.2) is 17.5 Å². The molecule has 4 heterocycles. The second-order valence-electron chi connectivity index (χ2n) is 17.6. The van der Waals surface area contributed by atoms with Crippen molar-refractivity contribution >= 4 is 65.4 Å². The van der Waals surface area contributed by atoms with Crippen molar-refractivity contribution in [2.45, 2.75) is 0 Å². The van der Waals surface area contributed by atoms with E-state index in [0.29, 0.717) is 17.5 Å². The van der Waals surface area contributed by atoms with Crippen LogP contribution in [0.3, 0.4) is 0 Å². The first-order valence-electron chi connectivity index (χ1n) is 23.4. The van der Waals surface area contributed by atoms with E-state index in [1.54, 1.807) is 0 Å². The topological polar surface area (TPSA) is 53.5 Å². The van der Waals surface area contributed by atoms with Crippen LogP contribution in [0.15, 0.2) is 243 Å². The Morgan fingerprint density at radius 2 is 0.507 bits per heavy atom. The molecule has 0 fully saturated rings. The summed E-state index contributed by atoms with van der Waals surface area (Å²) in [4.78, 5) is 14.9. The first-order valence-corrected chi connectivity index (χ1v) is 23.4. The molecule has 0 amide bonds. The zero-order valence-corrected chi connectivity index (χ0v) is 37.3. The van der Waals surface area contributed by atoms with Crippen molar-refractivity contribution < 1.29 is 0 Å². The van der Waals surface area contributed by atoms with Crippen molar-refractivity contribution in [1.82, 2.24) is 28.7 Å². The van der Waals surface area contributed by atoms with Crippen molar-refractivity contribution in [1.29, 1.82) is 0 Å². The number of benzene rings is 10. The number of aromatic nitrogens is 6. The molecule has 0 aliphatic rings. The molecule has 322 valence electrons. The van der Waals surface area contributed by atoms with Gasteiger partial charge < -0.3 is 13.7 Å². The maximum absolute atomic E-state index is 4.99. The Balaban J connectivity index is 0.892. The van der Waals surface area contributed by atoms with Crippen LogP contribution in [0.5, 0.6) is 0 Å². The van der Waals surface area contributed by atoms with Crippen LogP contribution in [0.2, 0.25) is 0 Å². The Morgan fingerprint density at radius 1 is 0.203 bits per heavy atom. The molecule has 10 aromatic carbocycles. The van der Waals surface area contributed by atoms with E-state index in [9.17, 15) is 0 Å². The highest BCUT2D eigenvalue weighted by atomic mass is 15.0. The van der Waals surface area contributed by atoms with Crippen LogP contribution in [-0.2, 0) is 0 Å². The summed E-state index contributed by atoms with van der Waals surface area (Å²) in [5.41, 5.74) is 15.5. The standard InChI is InChI=1S/C63H40N6/c1-4-16-41(17-5-1)61-64-62(42-18-6-2-7-19-42)66-63(65-61)43-28-32-47(33-29-43)68-57-27-15-12-24-51(57)52-38-44(30-35-58(52)68)45-31-36-59-53(39-45)54-40-48(34-37-60(54)67(59)46-20-8-3-9-21-46)69-55-25-13-10-22-49(55)50-23-11-14-26-56(50)69/h1-40H. The number of hydrogen-bond acceptors (Lipinski definition) is 3. The molecule has 69 heavy (non-hydrogen) atoms. The first kappa shape index (κ1) is 38.8. The predicted octanol–water partition coefficient (Wildman–Crippen LogP) is 15.8. The van der Waals surface area contributed by atoms with Gasteiger partial charge in [0.05, 0.1) is 33.1 Å². The lowest BCUT2D eigenvalue weighted by molar-refractivity contribution is 1.07. The van der Waals surface area contributed by atoms with Crippen LogP contribution in [0, 0.1) is 0 Å². The molecule has 14 aromatic rings. The third kappa shape index (κ3) is 6.30. The molecule has 0 bridgehead atoms. The van der Waals surface area contributed by atoms with Crippen molar-refractivity contribution in [2.24, 2.45) is 0 Å². The summed E-state index contributed by atoms with van der Waals surface area (Å²) in [5, 5.41) is 7.33. The molecule has 0 spiro atoms. The Hall–Kier alpha value is -9.39. The number of hydrogen-bond donors (Lipinski definition) is 0. The Morgan fingerprint density at radius 3 is 1.00 bits per heavy atom. The summed E-state index contributed by atoms with van der Waals surface area (Å²) in [6, 6.07) is 86.5. The molecule has 0 radical (unpaired) electrons. The highest BCUT2D eigenvalue weighted by Crippen LogP contribution is 2.40. The third-order valence-electron chi connectivity index (χ3n) is 13.7. The zero-order chi connectivity index (χ0) is 45.4. The van der Waals surface area contributed by atoms with Gasteiger partial charge in [-0.05, 0) is 108 Å².